The zero-order valence-electron chi connectivity index (χ0n) is 14.6. The Morgan fingerprint density at radius 2 is 2.04 bits per heavy atom. The van der Waals surface area contributed by atoms with E-state index in [0.717, 1.165) is 16.8 Å². The molecule has 2 N–H and O–H groups in total. The maximum atomic E-state index is 11.3. The smallest absolute Gasteiger partial charge is 0.245 e. The second kappa shape index (κ2) is 6.73. The van der Waals surface area contributed by atoms with Crippen LogP contribution in [0.5, 0.6) is 0 Å². The Balaban J connectivity index is 1.68. The van der Waals surface area contributed by atoms with Crippen molar-refractivity contribution in [3.8, 4) is 11.3 Å². The van der Waals surface area contributed by atoms with Crippen LogP contribution < -0.4 is 10.6 Å². The molecule has 0 spiro atoms. The molecule has 136 valence electrons. The number of fused-ring (bicyclic) bond motifs is 1. The van der Waals surface area contributed by atoms with E-state index in [2.05, 4.69) is 25.8 Å². The van der Waals surface area contributed by atoms with Gasteiger partial charge in [0, 0.05) is 31.4 Å². The molecule has 0 bridgehead atoms. The molecule has 8 nitrogen and oxygen atoms in total. The van der Waals surface area contributed by atoms with Crippen molar-refractivity contribution in [2.24, 2.45) is 7.05 Å². The molecular weight excluding hydrogens is 366 g/mol. The van der Waals surface area contributed by atoms with Crippen LogP contribution in [0.3, 0.4) is 0 Å². The molecule has 1 aromatic carbocycles. The predicted octanol–water partition coefficient (Wildman–Crippen LogP) is 3.49. The maximum Gasteiger partial charge on any atom is 0.245 e. The van der Waals surface area contributed by atoms with E-state index in [4.69, 9.17) is 11.6 Å². The molecule has 3 heterocycles. The van der Waals surface area contributed by atoms with E-state index in [1.54, 1.807) is 39.8 Å². The minimum Gasteiger partial charge on any atom is -0.325 e. The zero-order chi connectivity index (χ0) is 19.0. The van der Waals surface area contributed by atoms with Crippen LogP contribution in [0.4, 0.5) is 17.3 Å². The summed E-state index contributed by atoms with van der Waals surface area (Å²) in [7, 11) is 1.87. The van der Waals surface area contributed by atoms with Gasteiger partial charge in [0.15, 0.2) is 0 Å². The lowest BCUT2D eigenvalue weighted by Crippen LogP contribution is -2.07. The normalized spacial score (nSPS) is 10.9. The molecule has 27 heavy (non-hydrogen) atoms. The quantitative estimate of drug-likeness (QED) is 0.565. The fraction of sp³-hybridized carbons (Fsp3) is 0.111. The van der Waals surface area contributed by atoms with E-state index >= 15 is 0 Å². The molecule has 0 saturated heterocycles. The Labute approximate surface area is 159 Å². The number of benzene rings is 1. The molecule has 0 radical (unpaired) electrons. The van der Waals surface area contributed by atoms with Crippen molar-refractivity contribution in [1.29, 1.82) is 0 Å². The van der Waals surface area contributed by atoms with Crippen molar-refractivity contribution in [2.45, 2.75) is 6.92 Å². The minimum atomic E-state index is -0.194. The van der Waals surface area contributed by atoms with Crippen LogP contribution in [0.25, 0.3) is 16.8 Å². The van der Waals surface area contributed by atoms with E-state index in [1.165, 1.54) is 6.92 Å². The van der Waals surface area contributed by atoms with Gasteiger partial charge in [-0.3, -0.25) is 9.48 Å². The predicted molar refractivity (Wildman–Crippen MR) is 104 cm³/mol. The summed E-state index contributed by atoms with van der Waals surface area (Å²) in [6.45, 7) is 1.43. The standard InChI is InChI=1S/C18H16ClN7O/c1-11(27)22-16-7-13(3-5-15(16)19)23-18-20-9-14-4-6-17(26(14)24-18)12-8-21-25(2)10-12/h3-10H,1-2H3,(H,22,27)(H,23,24). The third-order valence-electron chi connectivity index (χ3n) is 3.93. The molecule has 9 heteroatoms. The van der Waals surface area contributed by atoms with E-state index in [1.807, 2.05) is 25.4 Å². The van der Waals surface area contributed by atoms with Crippen molar-refractivity contribution >= 4 is 40.3 Å². The van der Waals surface area contributed by atoms with Gasteiger partial charge in [-0.25, -0.2) is 9.50 Å². The summed E-state index contributed by atoms with van der Waals surface area (Å²) in [5.74, 6) is 0.222. The monoisotopic (exact) mass is 381 g/mol. The highest BCUT2D eigenvalue weighted by Crippen LogP contribution is 2.27. The number of anilines is 3. The Morgan fingerprint density at radius 1 is 1.19 bits per heavy atom. The topological polar surface area (TPSA) is 89.1 Å². The number of carbonyl (C=O) groups excluding carboxylic acids is 1. The summed E-state index contributed by atoms with van der Waals surface area (Å²) in [6.07, 6.45) is 5.45. The summed E-state index contributed by atoms with van der Waals surface area (Å²) in [6, 6.07) is 9.14. The number of nitrogens with one attached hydrogen (secondary N) is 2. The third kappa shape index (κ3) is 3.47. The molecule has 0 aliphatic rings. The van der Waals surface area contributed by atoms with Gasteiger partial charge in [-0.2, -0.15) is 5.10 Å². The fourth-order valence-electron chi connectivity index (χ4n) is 2.75. The number of carbonyl (C=O) groups is 1. The number of aryl methyl sites for hydroxylation is 1. The van der Waals surface area contributed by atoms with Crippen molar-refractivity contribution in [1.82, 2.24) is 24.4 Å². The number of hydrogen-bond donors (Lipinski definition) is 2. The number of halogens is 1. The van der Waals surface area contributed by atoms with Gasteiger partial charge in [0.25, 0.3) is 0 Å². The third-order valence-corrected chi connectivity index (χ3v) is 4.26. The number of aromatic nitrogens is 5. The molecule has 0 atom stereocenters. The van der Waals surface area contributed by atoms with Crippen LogP contribution in [-0.2, 0) is 11.8 Å². The lowest BCUT2D eigenvalue weighted by molar-refractivity contribution is -0.114. The Bertz CT molecular complexity index is 1150. The summed E-state index contributed by atoms with van der Waals surface area (Å²) in [5.41, 5.74) is 3.97. The van der Waals surface area contributed by atoms with Crippen LogP contribution in [0.2, 0.25) is 5.02 Å². The van der Waals surface area contributed by atoms with E-state index in [9.17, 15) is 4.79 Å². The van der Waals surface area contributed by atoms with Gasteiger partial charge in [-0.15, -0.1) is 5.10 Å². The number of hydrogen-bond acceptors (Lipinski definition) is 5. The summed E-state index contributed by atoms with van der Waals surface area (Å²) in [4.78, 5) is 15.6. The average Bonchev–Trinajstić information content (AvgIpc) is 3.23. The maximum absolute atomic E-state index is 11.3. The highest BCUT2D eigenvalue weighted by molar-refractivity contribution is 6.33. The molecule has 0 saturated carbocycles. The Hall–Kier alpha value is -3.39. The lowest BCUT2D eigenvalue weighted by Gasteiger charge is -2.10. The number of rotatable bonds is 4. The van der Waals surface area contributed by atoms with Crippen molar-refractivity contribution in [3.05, 3.63) is 53.9 Å². The van der Waals surface area contributed by atoms with Crippen LogP contribution >= 0.6 is 11.6 Å². The number of amides is 1. The molecule has 0 unspecified atom stereocenters. The fourth-order valence-corrected chi connectivity index (χ4v) is 2.91. The Kier molecular flexibility index (Phi) is 4.25. The van der Waals surface area contributed by atoms with Gasteiger partial charge in [-0.05, 0) is 30.3 Å². The highest BCUT2D eigenvalue weighted by Gasteiger charge is 2.10. The first-order valence-corrected chi connectivity index (χ1v) is 8.55. The van der Waals surface area contributed by atoms with Gasteiger partial charge < -0.3 is 10.6 Å². The zero-order valence-corrected chi connectivity index (χ0v) is 15.4. The summed E-state index contributed by atoms with van der Waals surface area (Å²) >= 11 is 6.11. The first kappa shape index (κ1) is 17.0. The second-order valence-corrected chi connectivity index (χ2v) is 6.45. The molecule has 0 aliphatic heterocycles. The van der Waals surface area contributed by atoms with Crippen LogP contribution in [0.15, 0.2) is 48.9 Å². The summed E-state index contributed by atoms with van der Waals surface area (Å²) in [5, 5.41) is 15.1. The van der Waals surface area contributed by atoms with Crippen molar-refractivity contribution in [2.75, 3.05) is 10.6 Å². The van der Waals surface area contributed by atoms with Crippen molar-refractivity contribution < 1.29 is 4.79 Å². The highest BCUT2D eigenvalue weighted by atomic mass is 35.5. The van der Waals surface area contributed by atoms with E-state index < -0.39 is 0 Å². The molecule has 0 aliphatic carbocycles. The van der Waals surface area contributed by atoms with Crippen molar-refractivity contribution in [3.63, 3.8) is 0 Å². The first-order chi connectivity index (χ1) is 13.0. The minimum absolute atomic E-state index is 0.194. The molecule has 0 fully saturated rings. The van der Waals surface area contributed by atoms with E-state index in [-0.39, 0.29) is 5.91 Å². The Morgan fingerprint density at radius 3 is 2.78 bits per heavy atom. The van der Waals surface area contributed by atoms with E-state index in [0.29, 0.717) is 22.3 Å². The van der Waals surface area contributed by atoms with Crippen LogP contribution in [-0.4, -0.2) is 30.3 Å². The largest absolute Gasteiger partial charge is 0.325 e. The first-order valence-electron chi connectivity index (χ1n) is 8.17. The van der Waals surface area contributed by atoms with Gasteiger partial charge in [-0.1, -0.05) is 11.6 Å². The van der Waals surface area contributed by atoms with Crippen LogP contribution in [0, 0.1) is 0 Å². The second-order valence-electron chi connectivity index (χ2n) is 6.04. The van der Waals surface area contributed by atoms with Gasteiger partial charge in [0.2, 0.25) is 11.9 Å². The lowest BCUT2D eigenvalue weighted by atomic mass is 10.2. The number of nitrogens with zero attached hydrogens (tertiary/aromatic N) is 5. The summed E-state index contributed by atoms with van der Waals surface area (Å²) < 4.78 is 3.54. The molecule has 3 aromatic heterocycles. The van der Waals surface area contributed by atoms with Crippen LogP contribution in [0.1, 0.15) is 6.92 Å². The van der Waals surface area contributed by atoms with Gasteiger partial charge >= 0.3 is 0 Å². The average molecular weight is 382 g/mol. The van der Waals surface area contributed by atoms with Gasteiger partial charge in [0.05, 0.1) is 34.3 Å². The molecule has 4 rings (SSSR count). The molecule has 4 aromatic rings. The molecule has 1 amide bonds. The van der Waals surface area contributed by atoms with Gasteiger partial charge in [0.1, 0.15) is 0 Å². The SMILES string of the molecule is CC(=O)Nc1cc(Nc2ncc3ccc(-c4cnn(C)c4)n3n2)ccc1Cl. The molecular formula is C18H16ClN7O.